The average molecular weight is 502 g/mol. The molecule has 36 heavy (non-hydrogen) atoms. The molecule has 0 aliphatic carbocycles. The van der Waals surface area contributed by atoms with Gasteiger partial charge in [0, 0.05) is 39.2 Å². The van der Waals surface area contributed by atoms with E-state index in [1.165, 1.54) is 0 Å². The third-order valence-corrected chi connectivity index (χ3v) is 6.51. The number of hydrogen-bond acceptors (Lipinski definition) is 7. The summed E-state index contributed by atoms with van der Waals surface area (Å²) < 4.78 is 6.37. The van der Waals surface area contributed by atoms with E-state index in [1.807, 2.05) is 50.2 Å². The van der Waals surface area contributed by atoms with Crippen LogP contribution in [0.2, 0.25) is 5.02 Å². The Hall–Kier alpha value is -4.04. The number of nitrogens with zero attached hydrogens (tertiary/aromatic N) is 4. The minimum Gasteiger partial charge on any atom is -0.466 e. The second kappa shape index (κ2) is 9.54. The normalized spacial score (nSPS) is 22.0. The van der Waals surface area contributed by atoms with Gasteiger partial charge >= 0.3 is 0 Å². The third kappa shape index (κ3) is 4.59. The number of anilines is 1. The van der Waals surface area contributed by atoms with Crippen LogP contribution in [0.4, 0.5) is 11.4 Å². The maximum atomic E-state index is 13.8. The molecule has 1 aromatic heterocycles. The monoisotopic (exact) mass is 501 g/mol. The summed E-state index contributed by atoms with van der Waals surface area (Å²) in [6, 6.07) is 17.7. The van der Waals surface area contributed by atoms with Gasteiger partial charge in [-0.05, 0) is 43.1 Å². The van der Waals surface area contributed by atoms with E-state index < -0.39 is 17.7 Å². The highest BCUT2D eigenvalue weighted by molar-refractivity contribution is 6.31. The molecule has 2 aliphatic rings. The van der Waals surface area contributed by atoms with Crippen molar-refractivity contribution in [3.8, 4) is 0 Å². The van der Waals surface area contributed by atoms with Crippen molar-refractivity contribution >= 4 is 28.8 Å². The lowest BCUT2D eigenvalue weighted by molar-refractivity contribution is 0.0620. The molecule has 2 aromatic carbocycles. The molecule has 0 saturated carbocycles. The summed E-state index contributed by atoms with van der Waals surface area (Å²) in [7, 11) is 0. The molecule has 0 fully saturated rings. The van der Waals surface area contributed by atoms with Crippen LogP contribution in [0.25, 0.3) is 10.4 Å². The summed E-state index contributed by atoms with van der Waals surface area (Å²) in [6.45, 7) is 3.98. The van der Waals surface area contributed by atoms with Gasteiger partial charge in [-0.15, -0.1) is 0 Å². The van der Waals surface area contributed by atoms with E-state index in [0.717, 1.165) is 16.8 Å². The number of rotatable bonds is 6. The Morgan fingerprint density at radius 3 is 2.64 bits per heavy atom. The molecule has 182 valence electrons. The summed E-state index contributed by atoms with van der Waals surface area (Å²) in [5.41, 5.74) is 11.5. The van der Waals surface area contributed by atoms with Gasteiger partial charge in [0.2, 0.25) is 5.78 Å². The van der Waals surface area contributed by atoms with Gasteiger partial charge in [-0.1, -0.05) is 59.2 Å². The standard InChI is InChI=1S/C26H24ClN7O2/c1-26(2)31-24(30-17-6-5-13-29-14-17)21-20(18-7-3-4-8-19(18)27)23(36-25(21)32-26)22(35)15-9-11-16(12-10-15)33-34-28/h3-14,20,23-24,30-32H,1-2H3. The average Bonchev–Trinajstić information content (AvgIpc) is 3.23. The fourth-order valence-electron chi connectivity index (χ4n) is 4.64. The van der Waals surface area contributed by atoms with Crippen molar-refractivity contribution < 1.29 is 9.53 Å². The molecule has 2 aliphatic heterocycles. The van der Waals surface area contributed by atoms with E-state index in [9.17, 15) is 4.79 Å². The highest BCUT2D eigenvalue weighted by Crippen LogP contribution is 2.45. The number of carbonyl (C=O) groups is 1. The molecule has 0 radical (unpaired) electrons. The number of carbonyl (C=O) groups excluding carboxylic acids is 1. The number of azide groups is 1. The summed E-state index contributed by atoms with van der Waals surface area (Å²) in [5, 5.41) is 14.6. The van der Waals surface area contributed by atoms with Gasteiger partial charge in [0.05, 0.1) is 17.3 Å². The molecular weight excluding hydrogens is 478 g/mol. The SMILES string of the molecule is CC1(C)NC2=C(C(Nc3cccnc3)N1)C(c1ccccc1Cl)C(C(=O)c1ccc(N=[N+]=[N-])cc1)O2. The molecule has 3 atom stereocenters. The van der Waals surface area contributed by atoms with Crippen molar-refractivity contribution in [2.24, 2.45) is 5.11 Å². The van der Waals surface area contributed by atoms with Crippen molar-refractivity contribution in [2.75, 3.05) is 5.32 Å². The van der Waals surface area contributed by atoms with E-state index in [0.29, 0.717) is 22.2 Å². The van der Waals surface area contributed by atoms with Crippen LogP contribution in [0.3, 0.4) is 0 Å². The number of hydrogen-bond donors (Lipinski definition) is 3. The van der Waals surface area contributed by atoms with Gasteiger partial charge in [-0.3, -0.25) is 15.1 Å². The largest absolute Gasteiger partial charge is 0.466 e. The smallest absolute Gasteiger partial charge is 0.204 e. The Balaban J connectivity index is 1.58. The molecular formula is C26H24ClN7O2. The molecule has 5 rings (SSSR count). The van der Waals surface area contributed by atoms with Crippen LogP contribution in [0.5, 0.6) is 0 Å². The molecule has 0 saturated heterocycles. The van der Waals surface area contributed by atoms with Crippen LogP contribution in [-0.2, 0) is 4.74 Å². The Morgan fingerprint density at radius 1 is 1.17 bits per heavy atom. The van der Waals surface area contributed by atoms with E-state index in [1.54, 1.807) is 36.7 Å². The minimum absolute atomic E-state index is 0.207. The van der Waals surface area contributed by atoms with Crippen LogP contribution in [0.15, 0.2) is 89.6 Å². The van der Waals surface area contributed by atoms with Crippen LogP contribution in [-0.4, -0.2) is 28.7 Å². The van der Waals surface area contributed by atoms with Crippen LogP contribution in [0.1, 0.15) is 35.7 Å². The predicted octanol–water partition coefficient (Wildman–Crippen LogP) is 5.62. The fourth-order valence-corrected chi connectivity index (χ4v) is 4.89. The van der Waals surface area contributed by atoms with Crippen LogP contribution < -0.4 is 16.0 Å². The summed E-state index contributed by atoms with van der Waals surface area (Å²) in [6.07, 6.45) is 2.22. The topological polar surface area (TPSA) is 124 Å². The first-order chi connectivity index (χ1) is 17.4. The summed E-state index contributed by atoms with van der Waals surface area (Å²) in [5.74, 6) is -0.140. The van der Waals surface area contributed by atoms with Crippen molar-refractivity contribution in [2.45, 2.75) is 37.7 Å². The second-order valence-electron chi connectivity index (χ2n) is 9.14. The van der Waals surface area contributed by atoms with E-state index in [4.69, 9.17) is 21.9 Å². The number of ketones is 1. The Kier molecular flexibility index (Phi) is 6.28. The third-order valence-electron chi connectivity index (χ3n) is 6.17. The highest BCUT2D eigenvalue weighted by Gasteiger charge is 2.50. The number of halogens is 1. The van der Waals surface area contributed by atoms with Crippen LogP contribution >= 0.6 is 11.6 Å². The number of benzene rings is 2. The molecule has 9 nitrogen and oxygen atoms in total. The molecule has 0 bridgehead atoms. The first-order valence-corrected chi connectivity index (χ1v) is 11.8. The zero-order valence-electron chi connectivity index (χ0n) is 19.6. The second-order valence-corrected chi connectivity index (χ2v) is 9.54. The Morgan fingerprint density at radius 2 is 1.94 bits per heavy atom. The molecule has 0 spiro atoms. The van der Waals surface area contributed by atoms with Crippen molar-refractivity contribution in [3.05, 3.63) is 111 Å². The highest BCUT2D eigenvalue weighted by atomic mass is 35.5. The lowest BCUT2D eigenvalue weighted by Gasteiger charge is -2.40. The zero-order valence-corrected chi connectivity index (χ0v) is 20.4. The summed E-state index contributed by atoms with van der Waals surface area (Å²) >= 11 is 6.66. The molecule has 10 heteroatoms. The van der Waals surface area contributed by atoms with Gasteiger partial charge in [0.1, 0.15) is 6.17 Å². The maximum Gasteiger partial charge on any atom is 0.204 e. The van der Waals surface area contributed by atoms with E-state index >= 15 is 0 Å². The molecule has 3 heterocycles. The number of nitrogens with one attached hydrogen (secondary N) is 3. The minimum atomic E-state index is -0.860. The molecule has 3 N–H and O–H groups in total. The van der Waals surface area contributed by atoms with Crippen molar-refractivity contribution in [1.82, 2.24) is 15.6 Å². The fraction of sp³-hybridized carbons (Fsp3) is 0.231. The van der Waals surface area contributed by atoms with Gasteiger partial charge in [-0.25, -0.2) is 0 Å². The van der Waals surface area contributed by atoms with Crippen LogP contribution in [0, 0.1) is 0 Å². The molecule has 3 unspecified atom stereocenters. The quantitative estimate of drug-likeness (QED) is 0.174. The van der Waals surface area contributed by atoms with E-state index in [2.05, 4.69) is 31.0 Å². The van der Waals surface area contributed by atoms with Crippen molar-refractivity contribution in [1.29, 1.82) is 0 Å². The van der Waals surface area contributed by atoms with E-state index in [-0.39, 0.29) is 11.9 Å². The van der Waals surface area contributed by atoms with Gasteiger partial charge in [-0.2, -0.15) is 0 Å². The first-order valence-electron chi connectivity index (χ1n) is 11.4. The maximum absolute atomic E-state index is 13.8. The number of ether oxygens (including phenoxy) is 1. The number of aromatic nitrogens is 1. The Labute approximate surface area is 213 Å². The zero-order chi connectivity index (χ0) is 25.3. The lowest BCUT2D eigenvalue weighted by atomic mass is 9.82. The molecule has 3 aromatic rings. The molecule has 0 amide bonds. The van der Waals surface area contributed by atoms with Gasteiger partial charge in [0.25, 0.3) is 0 Å². The summed E-state index contributed by atoms with van der Waals surface area (Å²) in [4.78, 5) is 20.8. The first kappa shape index (κ1) is 23.7. The van der Waals surface area contributed by atoms with Gasteiger partial charge < -0.3 is 15.4 Å². The number of Topliss-reactive ketones (excluding diaryl/α,β-unsaturated/α-hetero) is 1. The van der Waals surface area contributed by atoms with Gasteiger partial charge in [0.15, 0.2) is 12.0 Å². The lowest BCUT2D eigenvalue weighted by Crippen LogP contribution is -2.62. The van der Waals surface area contributed by atoms with Crippen molar-refractivity contribution in [3.63, 3.8) is 0 Å². The predicted molar refractivity (Wildman–Crippen MR) is 138 cm³/mol. The number of pyridine rings is 1. The Bertz CT molecular complexity index is 1370.